The molecule has 142 valence electrons. The van der Waals surface area contributed by atoms with Crippen LogP contribution in [0, 0.1) is 0 Å². The third kappa shape index (κ3) is 5.03. The van der Waals surface area contributed by atoms with Crippen LogP contribution in [0.2, 0.25) is 0 Å². The summed E-state index contributed by atoms with van der Waals surface area (Å²) in [6.45, 7) is 4.00. The van der Waals surface area contributed by atoms with Gasteiger partial charge in [-0.3, -0.25) is 0 Å². The van der Waals surface area contributed by atoms with Crippen LogP contribution in [0.1, 0.15) is 29.9 Å². The number of carbonyl (C=O) groups is 1. The summed E-state index contributed by atoms with van der Waals surface area (Å²) in [5.41, 5.74) is 0.137. The molecule has 0 atom stereocenters. The number of pyridine rings is 2. The van der Waals surface area contributed by atoms with Crippen LogP contribution < -0.4 is 5.32 Å². The summed E-state index contributed by atoms with van der Waals surface area (Å²) in [5.74, 6) is -0.909. The maximum atomic E-state index is 12.5. The molecule has 3 heterocycles. The molecule has 0 amide bonds. The van der Waals surface area contributed by atoms with E-state index < -0.39 is 17.7 Å². The second-order valence-corrected chi connectivity index (χ2v) is 4.94. The molecule has 3 aromatic rings. The standard InChI is InChI=1S/C15H10F3N5O2.C2H6/c16-15(17,18)9-1-4-13(20-5-9)23-8-11(7-21-23)22-10-2-3-12(14(24)25)19-6-10;1-2/h1-8,22H,(H,24,25);1-2H3. The van der Waals surface area contributed by atoms with Gasteiger partial charge in [0.25, 0.3) is 0 Å². The zero-order valence-corrected chi connectivity index (χ0v) is 14.4. The predicted molar refractivity (Wildman–Crippen MR) is 92.2 cm³/mol. The molecule has 0 aliphatic heterocycles. The maximum Gasteiger partial charge on any atom is 0.417 e. The van der Waals surface area contributed by atoms with Crippen LogP contribution in [0.4, 0.5) is 24.5 Å². The van der Waals surface area contributed by atoms with E-state index in [1.54, 1.807) is 0 Å². The summed E-state index contributed by atoms with van der Waals surface area (Å²) in [6.07, 6.45) is 0.610. The number of hydrogen-bond acceptors (Lipinski definition) is 5. The van der Waals surface area contributed by atoms with E-state index in [1.165, 1.54) is 41.5 Å². The SMILES string of the molecule is CC.O=C(O)c1ccc(Nc2cnn(-c3ccc(C(F)(F)F)cn3)c2)cn1. The minimum atomic E-state index is -4.45. The molecule has 0 aliphatic rings. The van der Waals surface area contributed by atoms with E-state index in [9.17, 15) is 18.0 Å². The molecule has 0 saturated carbocycles. The Morgan fingerprint density at radius 3 is 2.30 bits per heavy atom. The number of aromatic nitrogens is 4. The molecule has 0 radical (unpaired) electrons. The summed E-state index contributed by atoms with van der Waals surface area (Å²) in [5, 5.41) is 15.8. The van der Waals surface area contributed by atoms with Crippen molar-refractivity contribution in [2.45, 2.75) is 20.0 Å². The predicted octanol–water partition coefficient (Wildman–Crippen LogP) is 4.15. The normalized spacial score (nSPS) is 10.7. The van der Waals surface area contributed by atoms with Gasteiger partial charge in [0.05, 0.1) is 35.5 Å². The number of aromatic carboxylic acids is 1. The van der Waals surface area contributed by atoms with Crippen molar-refractivity contribution >= 4 is 17.3 Å². The maximum absolute atomic E-state index is 12.5. The molecule has 2 N–H and O–H groups in total. The molecule has 3 aromatic heterocycles. The largest absolute Gasteiger partial charge is 0.477 e. The lowest BCUT2D eigenvalue weighted by atomic mass is 10.3. The smallest absolute Gasteiger partial charge is 0.417 e. The number of hydrogen-bond donors (Lipinski definition) is 2. The van der Waals surface area contributed by atoms with Gasteiger partial charge in [0, 0.05) is 6.20 Å². The first kappa shape index (κ1) is 19.9. The third-order valence-corrected chi connectivity index (χ3v) is 3.16. The van der Waals surface area contributed by atoms with Crippen LogP contribution in [0.25, 0.3) is 5.82 Å². The minimum absolute atomic E-state index is 0.0878. The Bertz CT molecular complexity index is 890. The molecule has 0 unspecified atom stereocenters. The van der Waals surface area contributed by atoms with Gasteiger partial charge in [-0.25, -0.2) is 19.4 Å². The fourth-order valence-corrected chi connectivity index (χ4v) is 1.96. The molecule has 7 nitrogen and oxygen atoms in total. The highest BCUT2D eigenvalue weighted by Crippen LogP contribution is 2.28. The average molecular weight is 379 g/mol. The van der Waals surface area contributed by atoms with Gasteiger partial charge in [-0.15, -0.1) is 0 Å². The third-order valence-electron chi connectivity index (χ3n) is 3.16. The van der Waals surface area contributed by atoms with Gasteiger partial charge in [-0.05, 0) is 24.3 Å². The highest BCUT2D eigenvalue weighted by atomic mass is 19.4. The number of alkyl halides is 3. The number of nitrogens with zero attached hydrogens (tertiary/aromatic N) is 4. The van der Waals surface area contributed by atoms with Crippen molar-refractivity contribution in [1.29, 1.82) is 0 Å². The molecular formula is C17H16F3N5O2. The summed E-state index contributed by atoms with van der Waals surface area (Å²) in [6, 6.07) is 5.01. The van der Waals surface area contributed by atoms with Gasteiger partial charge in [0.2, 0.25) is 0 Å². The van der Waals surface area contributed by atoms with E-state index in [-0.39, 0.29) is 11.5 Å². The Kier molecular flexibility index (Phi) is 6.11. The van der Waals surface area contributed by atoms with Crippen molar-refractivity contribution in [1.82, 2.24) is 19.7 Å². The van der Waals surface area contributed by atoms with Crippen LogP contribution in [0.3, 0.4) is 0 Å². The molecule has 0 fully saturated rings. The number of rotatable bonds is 4. The Morgan fingerprint density at radius 1 is 1.04 bits per heavy atom. The molecule has 0 aliphatic carbocycles. The first-order valence-electron chi connectivity index (χ1n) is 7.87. The average Bonchev–Trinajstić information content (AvgIpc) is 3.12. The topological polar surface area (TPSA) is 92.9 Å². The van der Waals surface area contributed by atoms with Crippen LogP contribution in [0.15, 0.2) is 49.1 Å². The lowest BCUT2D eigenvalue weighted by molar-refractivity contribution is -0.137. The molecular weight excluding hydrogens is 363 g/mol. The van der Waals surface area contributed by atoms with Crippen LogP contribution in [-0.2, 0) is 6.18 Å². The summed E-state index contributed by atoms with van der Waals surface area (Å²) >= 11 is 0. The highest BCUT2D eigenvalue weighted by Gasteiger charge is 2.30. The van der Waals surface area contributed by atoms with Gasteiger partial charge in [0.1, 0.15) is 5.69 Å². The number of nitrogens with one attached hydrogen (secondary N) is 1. The second kappa shape index (κ2) is 8.30. The van der Waals surface area contributed by atoms with Crippen molar-refractivity contribution in [3.8, 4) is 5.82 Å². The molecule has 3 rings (SSSR count). The molecule has 0 spiro atoms. The number of carboxylic acids is 1. The van der Waals surface area contributed by atoms with Crippen molar-refractivity contribution in [2.24, 2.45) is 0 Å². The molecule has 0 saturated heterocycles. The quantitative estimate of drug-likeness (QED) is 0.707. The summed E-state index contributed by atoms with van der Waals surface area (Å²) in [4.78, 5) is 18.2. The highest BCUT2D eigenvalue weighted by molar-refractivity contribution is 5.85. The lowest BCUT2D eigenvalue weighted by Crippen LogP contribution is -2.06. The summed E-state index contributed by atoms with van der Waals surface area (Å²) < 4.78 is 38.9. The number of anilines is 2. The van der Waals surface area contributed by atoms with Crippen molar-refractivity contribution in [3.63, 3.8) is 0 Å². The van der Waals surface area contributed by atoms with Crippen molar-refractivity contribution < 1.29 is 23.1 Å². The first-order chi connectivity index (χ1) is 12.8. The van der Waals surface area contributed by atoms with Crippen LogP contribution in [-0.4, -0.2) is 30.8 Å². The Hall–Kier alpha value is -3.43. The van der Waals surface area contributed by atoms with Crippen LogP contribution in [0.5, 0.6) is 0 Å². The summed E-state index contributed by atoms with van der Waals surface area (Å²) in [7, 11) is 0. The van der Waals surface area contributed by atoms with E-state index >= 15 is 0 Å². The van der Waals surface area contributed by atoms with E-state index in [1.807, 2.05) is 13.8 Å². The fraction of sp³-hybridized carbons (Fsp3) is 0.176. The molecule has 0 bridgehead atoms. The van der Waals surface area contributed by atoms with E-state index in [0.717, 1.165) is 12.3 Å². The Morgan fingerprint density at radius 2 is 1.78 bits per heavy atom. The van der Waals surface area contributed by atoms with Gasteiger partial charge < -0.3 is 10.4 Å². The van der Waals surface area contributed by atoms with E-state index in [2.05, 4.69) is 20.4 Å². The monoisotopic (exact) mass is 379 g/mol. The van der Waals surface area contributed by atoms with E-state index in [0.29, 0.717) is 11.4 Å². The zero-order valence-electron chi connectivity index (χ0n) is 14.4. The molecule has 10 heteroatoms. The lowest BCUT2D eigenvalue weighted by Gasteiger charge is -2.06. The zero-order chi connectivity index (χ0) is 20.0. The van der Waals surface area contributed by atoms with Crippen molar-refractivity contribution in [3.05, 3.63) is 60.3 Å². The number of halogens is 3. The molecule has 27 heavy (non-hydrogen) atoms. The fourth-order valence-electron chi connectivity index (χ4n) is 1.96. The minimum Gasteiger partial charge on any atom is -0.477 e. The van der Waals surface area contributed by atoms with Gasteiger partial charge >= 0.3 is 12.1 Å². The Balaban J connectivity index is 0.00000126. The van der Waals surface area contributed by atoms with E-state index in [4.69, 9.17) is 5.11 Å². The van der Waals surface area contributed by atoms with Crippen molar-refractivity contribution in [2.75, 3.05) is 5.32 Å². The van der Waals surface area contributed by atoms with Crippen LogP contribution >= 0.6 is 0 Å². The molecule has 0 aromatic carbocycles. The van der Waals surface area contributed by atoms with Gasteiger partial charge in [0.15, 0.2) is 5.82 Å². The number of carboxylic acid groups (broad SMARTS) is 1. The second-order valence-electron chi connectivity index (χ2n) is 4.94. The first-order valence-corrected chi connectivity index (χ1v) is 7.87. The van der Waals surface area contributed by atoms with Gasteiger partial charge in [-0.2, -0.15) is 18.3 Å². The van der Waals surface area contributed by atoms with Gasteiger partial charge in [-0.1, -0.05) is 13.8 Å². The Labute approximate surface area is 152 Å².